The first-order chi connectivity index (χ1) is 8.72. The van der Waals surface area contributed by atoms with Gasteiger partial charge in [0.25, 0.3) is 5.91 Å². The molecule has 1 aliphatic heterocycles. The molecule has 0 aliphatic carbocycles. The Balaban J connectivity index is 0.00000180. The van der Waals surface area contributed by atoms with E-state index in [2.05, 4.69) is 12.2 Å². The molecule has 0 aromatic heterocycles. The Morgan fingerprint density at radius 1 is 1.37 bits per heavy atom. The average Bonchev–Trinajstić information content (AvgIpc) is 2.47. The maximum atomic E-state index is 12.3. The van der Waals surface area contributed by atoms with Crippen molar-refractivity contribution in [1.82, 2.24) is 10.2 Å². The Kier molecular flexibility index (Phi) is 6.32. The van der Waals surface area contributed by atoms with Crippen molar-refractivity contribution in [2.45, 2.75) is 32.2 Å². The van der Waals surface area contributed by atoms with Crippen molar-refractivity contribution in [3.8, 4) is 0 Å². The summed E-state index contributed by atoms with van der Waals surface area (Å²) in [6, 6.07) is 8.29. The lowest BCUT2D eigenvalue weighted by Crippen LogP contribution is -2.46. The first-order valence-corrected chi connectivity index (χ1v) is 6.79. The topological polar surface area (TPSA) is 32.3 Å². The predicted molar refractivity (Wildman–Crippen MR) is 81.1 cm³/mol. The molecule has 1 heterocycles. The third kappa shape index (κ3) is 3.95. The molecule has 19 heavy (non-hydrogen) atoms. The van der Waals surface area contributed by atoms with Crippen LogP contribution in [0.15, 0.2) is 24.3 Å². The van der Waals surface area contributed by atoms with Crippen LogP contribution in [0.1, 0.15) is 35.7 Å². The van der Waals surface area contributed by atoms with E-state index < -0.39 is 0 Å². The number of likely N-dealkylation sites (N-methyl/N-ethyl adjacent to an activating group) is 1. The molecule has 1 aromatic rings. The third-order valence-electron chi connectivity index (χ3n) is 3.75. The Morgan fingerprint density at radius 2 is 2.05 bits per heavy atom. The number of piperidine rings is 1. The van der Waals surface area contributed by atoms with Crippen LogP contribution in [-0.4, -0.2) is 37.0 Å². The van der Waals surface area contributed by atoms with Gasteiger partial charge in [0.2, 0.25) is 0 Å². The number of rotatable bonds is 3. The van der Waals surface area contributed by atoms with Crippen LogP contribution >= 0.6 is 12.4 Å². The zero-order valence-corrected chi connectivity index (χ0v) is 12.5. The summed E-state index contributed by atoms with van der Waals surface area (Å²) in [7, 11) is 1.91. The number of aryl methyl sites for hydroxylation is 1. The minimum atomic E-state index is 0. The van der Waals surface area contributed by atoms with E-state index in [9.17, 15) is 4.79 Å². The van der Waals surface area contributed by atoms with Crippen LogP contribution < -0.4 is 5.32 Å². The van der Waals surface area contributed by atoms with Gasteiger partial charge in [0.05, 0.1) is 0 Å². The molecule has 3 nitrogen and oxygen atoms in total. The SMILES string of the molecule is CCc1ccc(C(=O)N(C)[C@H]2CCCNC2)cc1.Cl. The van der Waals surface area contributed by atoms with Crippen LogP contribution in [0, 0.1) is 0 Å². The maximum Gasteiger partial charge on any atom is 0.253 e. The van der Waals surface area contributed by atoms with Gasteiger partial charge >= 0.3 is 0 Å². The summed E-state index contributed by atoms with van der Waals surface area (Å²) in [5, 5.41) is 3.35. The molecule has 2 rings (SSSR count). The van der Waals surface area contributed by atoms with Crippen molar-refractivity contribution in [3.05, 3.63) is 35.4 Å². The van der Waals surface area contributed by atoms with Crippen LogP contribution in [-0.2, 0) is 6.42 Å². The number of halogens is 1. The molecule has 1 fully saturated rings. The number of carbonyl (C=O) groups excluding carboxylic acids is 1. The number of hydrogen-bond acceptors (Lipinski definition) is 2. The smallest absolute Gasteiger partial charge is 0.253 e. The summed E-state index contributed by atoms with van der Waals surface area (Å²) >= 11 is 0. The largest absolute Gasteiger partial charge is 0.337 e. The molecule has 1 saturated heterocycles. The minimum Gasteiger partial charge on any atom is -0.337 e. The van der Waals surface area contributed by atoms with Crippen LogP contribution in [0.25, 0.3) is 0 Å². The molecule has 106 valence electrons. The maximum absolute atomic E-state index is 12.3. The summed E-state index contributed by atoms with van der Waals surface area (Å²) in [5.74, 6) is 0.131. The van der Waals surface area contributed by atoms with Crippen molar-refractivity contribution in [2.24, 2.45) is 0 Å². The lowest BCUT2D eigenvalue weighted by atomic mass is 10.0. The molecule has 0 radical (unpaired) electrons. The summed E-state index contributed by atoms with van der Waals surface area (Å²) in [6.45, 7) is 4.11. The van der Waals surface area contributed by atoms with Gasteiger partial charge in [-0.3, -0.25) is 4.79 Å². The highest BCUT2D eigenvalue weighted by Gasteiger charge is 2.22. The zero-order chi connectivity index (χ0) is 13.0. The van der Waals surface area contributed by atoms with Gasteiger partial charge in [-0.25, -0.2) is 0 Å². The van der Waals surface area contributed by atoms with E-state index in [1.54, 1.807) is 0 Å². The lowest BCUT2D eigenvalue weighted by Gasteiger charge is -2.31. The van der Waals surface area contributed by atoms with E-state index in [0.717, 1.165) is 37.9 Å². The second kappa shape index (κ2) is 7.51. The standard InChI is InChI=1S/C15H22N2O.ClH/c1-3-12-6-8-13(9-7-12)15(18)17(2)14-5-4-10-16-11-14;/h6-9,14,16H,3-5,10-11H2,1-2H3;1H/t14-;/m0./s1. The van der Waals surface area contributed by atoms with Gasteiger partial charge in [-0.15, -0.1) is 12.4 Å². The molecule has 1 aliphatic rings. The van der Waals surface area contributed by atoms with Crippen LogP contribution in [0.2, 0.25) is 0 Å². The Bertz CT molecular complexity index is 399. The van der Waals surface area contributed by atoms with Crippen molar-refractivity contribution < 1.29 is 4.79 Å². The normalized spacial score (nSPS) is 18.5. The van der Waals surface area contributed by atoms with Crippen molar-refractivity contribution >= 4 is 18.3 Å². The highest BCUT2D eigenvalue weighted by atomic mass is 35.5. The van der Waals surface area contributed by atoms with Gasteiger partial charge in [-0.05, 0) is 43.5 Å². The van der Waals surface area contributed by atoms with Crippen LogP contribution in [0.4, 0.5) is 0 Å². The zero-order valence-electron chi connectivity index (χ0n) is 11.7. The molecular formula is C15H23ClN2O. The third-order valence-corrected chi connectivity index (χ3v) is 3.75. The number of nitrogens with one attached hydrogen (secondary N) is 1. The summed E-state index contributed by atoms with van der Waals surface area (Å²) < 4.78 is 0. The van der Waals surface area contributed by atoms with Crippen molar-refractivity contribution in [2.75, 3.05) is 20.1 Å². The number of amides is 1. The first kappa shape index (κ1) is 16.0. The number of nitrogens with zero attached hydrogens (tertiary/aromatic N) is 1. The van der Waals surface area contributed by atoms with E-state index in [0.29, 0.717) is 6.04 Å². The molecule has 0 spiro atoms. The molecule has 0 saturated carbocycles. The molecule has 1 N–H and O–H groups in total. The summed E-state index contributed by atoms with van der Waals surface area (Å²) in [6.07, 6.45) is 3.26. The fourth-order valence-electron chi connectivity index (χ4n) is 2.42. The highest BCUT2D eigenvalue weighted by molar-refractivity contribution is 5.94. The van der Waals surface area contributed by atoms with E-state index in [1.807, 2.05) is 36.2 Å². The molecule has 1 atom stereocenters. The van der Waals surface area contributed by atoms with E-state index in [1.165, 1.54) is 5.56 Å². The minimum absolute atomic E-state index is 0. The highest BCUT2D eigenvalue weighted by Crippen LogP contribution is 2.13. The van der Waals surface area contributed by atoms with Crippen LogP contribution in [0.3, 0.4) is 0 Å². The molecule has 1 aromatic carbocycles. The van der Waals surface area contributed by atoms with E-state index in [4.69, 9.17) is 0 Å². The fraction of sp³-hybridized carbons (Fsp3) is 0.533. The molecule has 0 unspecified atom stereocenters. The Hall–Kier alpha value is -1.06. The lowest BCUT2D eigenvalue weighted by molar-refractivity contribution is 0.0708. The molecular weight excluding hydrogens is 260 g/mol. The van der Waals surface area contributed by atoms with E-state index >= 15 is 0 Å². The van der Waals surface area contributed by atoms with Gasteiger partial charge < -0.3 is 10.2 Å². The summed E-state index contributed by atoms with van der Waals surface area (Å²) in [5.41, 5.74) is 2.06. The summed E-state index contributed by atoms with van der Waals surface area (Å²) in [4.78, 5) is 14.2. The second-order valence-electron chi connectivity index (χ2n) is 4.97. The van der Waals surface area contributed by atoms with Gasteiger partial charge in [0.15, 0.2) is 0 Å². The van der Waals surface area contributed by atoms with Crippen molar-refractivity contribution in [3.63, 3.8) is 0 Å². The fourth-order valence-corrected chi connectivity index (χ4v) is 2.42. The number of hydrogen-bond donors (Lipinski definition) is 1. The molecule has 1 amide bonds. The first-order valence-electron chi connectivity index (χ1n) is 6.79. The van der Waals surface area contributed by atoms with Crippen molar-refractivity contribution in [1.29, 1.82) is 0 Å². The predicted octanol–water partition coefficient (Wildman–Crippen LogP) is 2.49. The number of benzene rings is 1. The monoisotopic (exact) mass is 282 g/mol. The average molecular weight is 283 g/mol. The van der Waals surface area contributed by atoms with Crippen LogP contribution in [0.5, 0.6) is 0 Å². The number of carbonyl (C=O) groups is 1. The van der Waals surface area contributed by atoms with E-state index in [-0.39, 0.29) is 18.3 Å². The molecule has 4 heteroatoms. The quantitative estimate of drug-likeness (QED) is 0.924. The second-order valence-corrected chi connectivity index (χ2v) is 4.97. The van der Waals surface area contributed by atoms with Gasteiger partial charge in [-0.2, -0.15) is 0 Å². The van der Waals surface area contributed by atoms with Gasteiger partial charge in [0.1, 0.15) is 0 Å². The van der Waals surface area contributed by atoms with Gasteiger partial charge in [0, 0.05) is 25.2 Å². The Labute approximate surface area is 121 Å². The Morgan fingerprint density at radius 3 is 2.58 bits per heavy atom. The van der Waals surface area contributed by atoms with Gasteiger partial charge in [-0.1, -0.05) is 19.1 Å². The molecule has 0 bridgehead atoms.